The highest BCUT2D eigenvalue weighted by Crippen LogP contribution is 2.29. The Balaban J connectivity index is 1.46. The van der Waals surface area contributed by atoms with Gasteiger partial charge in [-0.2, -0.15) is 0 Å². The number of aromatic nitrogens is 3. The second-order valence-electron chi connectivity index (χ2n) is 8.80. The van der Waals surface area contributed by atoms with Crippen LogP contribution in [0.4, 0.5) is 17.3 Å². The first-order valence-electron chi connectivity index (χ1n) is 11.6. The van der Waals surface area contributed by atoms with Gasteiger partial charge in [-0.05, 0) is 49.0 Å². The highest BCUT2D eigenvalue weighted by Gasteiger charge is 2.20. The molecule has 2 aromatic heterocycles. The third kappa shape index (κ3) is 5.54. The number of nitrogens with zero attached hydrogens (tertiary/aromatic N) is 5. The lowest BCUT2D eigenvalue weighted by Gasteiger charge is -2.32. The van der Waals surface area contributed by atoms with Crippen molar-refractivity contribution in [3.05, 3.63) is 72.6 Å². The number of fused-ring (bicyclic) bond motifs is 1. The molecule has 0 amide bonds. The number of nitrogens with one attached hydrogen (secondary N) is 2. The maximum absolute atomic E-state index is 13.0. The number of para-hydroxylation sites is 2. The molecule has 4 aromatic rings. The fraction of sp³-hybridized carbons (Fsp3) is 0.240. The first-order valence-corrected chi connectivity index (χ1v) is 13.0. The van der Waals surface area contributed by atoms with Gasteiger partial charge in [0.05, 0.1) is 11.0 Å². The highest BCUT2D eigenvalue weighted by molar-refractivity contribution is 7.92. The summed E-state index contributed by atoms with van der Waals surface area (Å²) >= 11 is 0. The predicted molar refractivity (Wildman–Crippen MR) is 139 cm³/mol. The van der Waals surface area contributed by atoms with E-state index in [1.54, 1.807) is 30.3 Å². The Bertz CT molecular complexity index is 1470. The molecular weight excluding hydrogens is 478 g/mol. The van der Waals surface area contributed by atoms with Crippen LogP contribution in [0.5, 0.6) is 5.75 Å². The molecule has 1 saturated heterocycles. The van der Waals surface area contributed by atoms with E-state index in [0.717, 1.165) is 31.7 Å². The van der Waals surface area contributed by atoms with E-state index in [9.17, 15) is 13.5 Å². The number of rotatable bonds is 7. The number of phenolic OH excluding ortho intramolecular Hbond substituents is 1. The van der Waals surface area contributed by atoms with Gasteiger partial charge in [-0.25, -0.2) is 18.4 Å². The molecule has 0 radical (unpaired) electrons. The van der Waals surface area contributed by atoms with Gasteiger partial charge in [-0.3, -0.25) is 14.6 Å². The molecule has 0 aliphatic carbocycles. The van der Waals surface area contributed by atoms with Gasteiger partial charge in [-0.1, -0.05) is 12.1 Å². The van der Waals surface area contributed by atoms with Crippen LogP contribution in [-0.4, -0.2) is 71.5 Å². The number of piperazine rings is 1. The van der Waals surface area contributed by atoms with Crippen molar-refractivity contribution in [1.82, 2.24) is 24.8 Å². The second kappa shape index (κ2) is 10.1. The van der Waals surface area contributed by atoms with Crippen molar-refractivity contribution in [2.45, 2.75) is 11.4 Å². The maximum Gasteiger partial charge on any atom is 0.264 e. The summed E-state index contributed by atoms with van der Waals surface area (Å²) in [4.78, 5) is 17.7. The van der Waals surface area contributed by atoms with E-state index in [-0.39, 0.29) is 22.3 Å². The molecule has 0 spiro atoms. The number of aromatic hydroxyl groups is 1. The maximum atomic E-state index is 13.0. The molecule has 2 aromatic carbocycles. The molecule has 36 heavy (non-hydrogen) atoms. The van der Waals surface area contributed by atoms with Crippen molar-refractivity contribution in [2.24, 2.45) is 0 Å². The van der Waals surface area contributed by atoms with Crippen molar-refractivity contribution in [1.29, 1.82) is 0 Å². The van der Waals surface area contributed by atoms with Crippen LogP contribution in [0.15, 0.2) is 71.9 Å². The van der Waals surface area contributed by atoms with Crippen LogP contribution in [0.2, 0.25) is 0 Å². The minimum Gasteiger partial charge on any atom is -0.508 e. The quantitative estimate of drug-likeness (QED) is 0.348. The average Bonchev–Trinajstić information content (AvgIpc) is 2.86. The molecule has 0 atom stereocenters. The van der Waals surface area contributed by atoms with Crippen molar-refractivity contribution in [3.8, 4) is 5.75 Å². The lowest BCUT2D eigenvalue weighted by molar-refractivity contribution is 0.148. The summed E-state index contributed by atoms with van der Waals surface area (Å²) in [5.74, 6) is 0.370. The number of phenols is 1. The molecule has 0 saturated carbocycles. The predicted octanol–water partition coefficient (Wildman–Crippen LogP) is 3.02. The number of benzene rings is 2. The lowest BCUT2D eigenvalue weighted by Crippen LogP contribution is -2.43. The standard InChI is InChI=1S/C25H27N7O3S/c1-31-9-11-32(12-10-31)17-18-13-19(15-20(33)14-18)27-24-25(29-23-7-3-2-6-22(23)28-24)30-36(34,35)21-5-4-8-26-16-21/h2-8,13-16,33H,9-12,17H2,1H3,(H,27,28)(H,29,30). The van der Waals surface area contributed by atoms with Crippen LogP contribution in [0.1, 0.15) is 5.56 Å². The molecule has 1 aliphatic rings. The van der Waals surface area contributed by atoms with Crippen molar-refractivity contribution in [2.75, 3.05) is 43.3 Å². The molecule has 10 nitrogen and oxygen atoms in total. The minimum absolute atomic E-state index is 0.0118. The van der Waals surface area contributed by atoms with Gasteiger partial charge in [0.15, 0.2) is 11.6 Å². The summed E-state index contributed by atoms with van der Waals surface area (Å²) in [5, 5.41) is 13.6. The first-order chi connectivity index (χ1) is 17.4. The van der Waals surface area contributed by atoms with Gasteiger partial charge in [0.1, 0.15) is 10.6 Å². The Hall–Kier alpha value is -3.80. The molecule has 3 N–H and O–H groups in total. The van der Waals surface area contributed by atoms with E-state index in [1.165, 1.54) is 18.5 Å². The van der Waals surface area contributed by atoms with Crippen LogP contribution >= 0.6 is 0 Å². The summed E-state index contributed by atoms with van der Waals surface area (Å²) < 4.78 is 28.5. The third-order valence-corrected chi connectivity index (χ3v) is 7.31. The number of sulfonamides is 1. The van der Waals surface area contributed by atoms with Crippen molar-refractivity contribution < 1.29 is 13.5 Å². The van der Waals surface area contributed by atoms with Crippen molar-refractivity contribution in [3.63, 3.8) is 0 Å². The second-order valence-corrected chi connectivity index (χ2v) is 10.5. The minimum atomic E-state index is -3.95. The monoisotopic (exact) mass is 505 g/mol. The summed E-state index contributed by atoms with van der Waals surface area (Å²) in [6.07, 6.45) is 2.77. The van der Waals surface area contributed by atoms with E-state index in [1.807, 2.05) is 18.2 Å². The molecule has 5 rings (SSSR count). The van der Waals surface area contributed by atoms with Gasteiger partial charge >= 0.3 is 0 Å². The number of anilines is 3. The van der Waals surface area contributed by atoms with Gasteiger partial charge < -0.3 is 15.3 Å². The van der Waals surface area contributed by atoms with Gasteiger partial charge in [0, 0.05) is 56.9 Å². The first kappa shape index (κ1) is 23.9. The van der Waals surface area contributed by atoms with E-state index >= 15 is 0 Å². The molecule has 0 bridgehead atoms. The van der Waals surface area contributed by atoms with Crippen LogP contribution in [0.25, 0.3) is 11.0 Å². The fourth-order valence-corrected chi connectivity index (χ4v) is 5.06. The SMILES string of the molecule is CN1CCN(Cc2cc(O)cc(Nc3nc4ccccc4nc3NS(=O)(=O)c3cccnc3)c2)CC1. The molecule has 0 unspecified atom stereocenters. The summed E-state index contributed by atoms with van der Waals surface area (Å²) in [5.41, 5.74) is 2.65. The molecule has 11 heteroatoms. The van der Waals surface area contributed by atoms with E-state index in [2.05, 4.69) is 41.8 Å². The number of likely N-dealkylation sites (N-methyl/N-ethyl adjacent to an activating group) is 1. The molecular formula is C25H27N7O3S. The average molecular weight is 506 g/mol. The Morgan fingerprint density at radius 3 is 2.36 bits per heavy atom. The largest absolute Gasteiger partial charge is 0.508 e. The zero-order valence-corrected chi connectivity index (χ0v) is 20.6. The van der Waals surface area contributed by atoms with Gasteiger partial charge in [-0.15, -0.1) is 0 Å². The summed E-state index contributed by atoms with van der Waals surface area (Å²) in [7, 11) is -1.84. The van der Waals surface area contributed by atoms with Gasteiger partial charge in [0.25, 0.3) is 10.0 Å². The summed E-state index contributed by atoms with van der Waals surface area (Å²) in [6, 6.07) is 15.4. The summed E-state index contributed by atoms with van der Waals surface area (Å²) in [6.45, 7) is 4.59. The van der Waals surface area contributed by atoms with E-state index in [0.29, 0.717) is 23.3 Å². The number of hydrogen-bond donors (Lipinski definition) is 3. The van der Waals surface area contributed by atoms with E-state index < -0.39 is 10.0 Å². The molecule has 1 fully saturated rings. The van der Waals surface area contributed by atoms with E-state index in [4.69, 9.17) is 0 Å². The zero-order valence-electron chi connectivity index (χ0n) is 19.8. The third-order valence-electron chi connectivity index (χ3n) is 5.99. The molecule has 186 valence electrons. The number of pyridine rings is 1. The Morgan fingerprint density at radius 1 is 0.944 bits per heavy atom. The molecule has 1 aliphatic heterocycles. The smallest absolute Gasteiger partial charge is 0.264 e. The number of hydrogen-bond acceptors (Lipinski definition) is 9. The van der Waals surface area contributed by atoms with Crippen LogP contribution in [0, 0.1) is 0 Å². The van der Waals surface area contributed by atoms with Crippen LogP contribution in [0.3, 0.4) is 0 Å². The van der Waals surface area contributed by atoms with Crippen LogP contribution in [-0.2, 0) is 16.6 Å². The lowest BCUT2D eigenvalue weighted by atomic mass is 10.1. The topological polar surface area (TPSA) is 124 Å². The molecule has 3 heterocycles. The Labute approximate surface area is 209 Å². The highest BCUT2D eigenvalue weighted by atomic mass is 32.2. The van der Waals surface area contributed by atoms with Gasteiger partial charge in [0.2, 0.25) is 0 Å². The van der Waals surface area contributed by atoms with Crippen LogP contribution < -0.4 is 10.0 Å². The Morgan fingerprint density at radius 2 is 1.67 bits per heavy atom. The van der Waals surface area contributed by atoms with Crippen molar-refractivity contribution >= 4 is 38.4 Å². The normalized spacial score (nSPS) is 15.1. The zero-order chi connectivity index (χ0) is 25.1. The Kier molecular flexibility index (Phi) is 6.68. The fourth-order valence-electron chi connectivity index (χ4n) is 4.09.